The smallest absolute Gasteiger partial charge is 0.255 e. The van der Waals surface area contributed by atoms with Gasteiger partial charge in [0.15, 0.2) is 0 Å². The number of piperidine rings is 2. The molecule has 6 rings (SSSR count). The molecule has 1 aromatic carbocycles. The van der Waals surface area contributed by atoms with Gasteiger partial charge in [-0.2, -0.15) is 0 Å². The highest BCUT2D eigenvalue weighted by Crippen LogP contribution is 2.40. The molecule has 3 heterocycles. The number of carbonyl (C=O) groups excluding carboxylic acids is 2. The van der Waals surface area contributed by atoms with Crippen LogP contribution in [0, 0.1) is 11.8 Å². The normalized spacial score (nSPS) is 34.7. The van der Waals surface area contributed by atoms with E-state index in [4.69, 9.17) is 4.74 Å². The Kier molecular flexibility index (Phi) is 5.01. The summed E-state index contributed by atoms with van der Waals surface area (Å²) < 4.78 is 6.55. The van der Waals surface area contributed by atoms with Crippen LogP contribution in [0.15, 0.2) is 30.5 Å². The lowest BCUT2D eigenvalue weighted by Crippen LogP contribution is -2.49. The Morgan fingerprint density at radius 2 is 1.84 bits per heavy atom. The molecule has 5 aliphatic rings. The van der Waals surface area contributed by atoms with Gasteiger partial charge in [-0.1, -0.05) is 6.58 Å². The van der Waals surface area contributed by atoms with Gasteiger partial charge in [0.2, 0.25) is 5.91 Å². The Morgan fingerprint density at radius 3 is 2.62 bits per heavy atom. The molecule has 4 fully saturated rings. The second kappa shape index (κ2) is 7.91. The number of likely N-dealkylation sites (tertiary alicyclic amines) is 1. The number of fused-ring (bicyclic) bond motifs is 3. The van der Waals surface area contributed by atoms with Gasteiger partial charge in [0.1, 0.15) is 17.9 Å². The highest BCUT2D eigenvalue weighted by atomic mass is 16.5. The van der Waals surface area contributed by atoms with Crippen molar-refractivity contribution < 1.29 is 14.3 Å². The number of ether oxygens (including phenoxy) is 1. The Bertz CT molecular complexity index is 948. The van der Waals surface area contributed by atoms with Gasteiger partial charge in [-0.25, -0.2) is 0 Å². The first-order valence-corrected chi connectivity index (χ1v) is 12.4. The first kappa shape index (κ1) is 20.3. The van der Waals surface area contributed by atoms with E-state index < -0.39 is 6.04 Å². The van der Waals surface area contributed by atoms with E-state index >= 15 is 0 Å². The van der Waals surface area contributed by atoms with E-state index in [0.29, 0.717) is 31.0 Å². The second-order valence-electron chi connectivity index (χ2n) is 10.6. The van der Waals surface area contributed by atoms with Crippen molar-refractivity contribution >= 4 is 11.8 Å². The predicted molar refractivity (Wildman–Crippen MR) is 121 cm³/mol. The summed E-state index contributed by atoms with van der Waals surface area (Å²) in [6.45, 7) is 6.79. The number of rotatable bonds is 4. The van der Waals surface area contributed by atoms with Crippen molar-refractivity contribution in [1.29, 1.82) is 0 Å². The maximum Gasteiger partial charge on any atom is 0.255 e. The number of nitrogens with one attached hydrogen (secondary N) is 1. The highest BCUT2D eigenvalue weighted by molar-refractivity contribution is 6.01. The van der Waals surface area contributed by atoms with Gasteiger partial charge in [0, 0.05) is 36.9 Å². The number of hydrogen-bond donors (Lipinski definition) is 1. The van der Waals surface area contributed by atoms with Crippen molar-refractivity contribution in [1.82, 2.24) is 15.1 Å². The fourth-order valence-electron chi connectivity index (χ4n) is 6.86. The monoisotopic (exact) mass is 435 g/mol. The topological polar surface area (TPSA) is 61.9 Å². The third kappa shape index (κ3) is 3.53. The van der Waals surface area contributed by atoms with E-state index in [0.717, 1.165) is 35.3 Å². The standard InChI is InChI=1S/C26H33N3O3/c1-16-5-10-23(25(30)27-16)29-15-19-12-20(8-9-21(19)26(29)31)32-24-4-2-3-22(24)28-13-17-6-7-18(11-17)14-28/h8-9,12,17-18,22-24H,1-7,10-11,13-15H2,(H,27,30)/t17?,18?,22-,23?,24-/m1/s1. The summed E-state index contributed by atoms with van der Waals surface area (Å²) in [4.78, 5) is 29.8. The van der Waals surface area contributed by atoms with Crippen LogP contribution in [0.3, 0.4) is 0 Å². The molecule has 6 heteroatoms. The lowest BCUT2D eigenvalue weighted by Gasteiger charge is -2.38. The van der Waals surface area contributed by atoms with Crippen LogP contribution in [-0.2, 0) is 11.3 Å². The summed E-state index contributed by atoms with van der Waals surface area (Å²) in [5.41, 5.74) is 2.40. The fourth-order valence-corrected chi connectivity index (χ4v) is 6.86. The van der Waals surface area contributed by atoms with Gasteiger partial charge < -0.3 is 15.0 Å². The van der Waals surface area contributed by atoms with Crippen LogP contribution in [0.5, 0.6) is 5.75 Å². The molecular formula is C26H33N3O3. The Balaban J connectivity index is 1.15. The Hall–Kier alpha value is -2.34. The van der Waals surface area contributed by atoms with Gasteiger partial charge in [-0.3, -0.25) is 14.5 Å². The molecule has 1 N–H and O–H groups in total. The number of amides is 2. The van der Waals surface area contributed by atoms with Crippen LogP contribution in [0.25, 0.3) is 0 Å². The summed E-state index contributed by atoms with van der Waals surface area (Å²) >= 11 is 0. The average Bonchev–Trinajstić information content (AvgIpc) is 3.46. The second-order valence-corrected chi connectivity index (χ2v) is 10.6. The van der Waals surface area contributed by atoms with E-state index in [-0.39, 0.29) is 17.9 Å². The molecule has 2 saturated carbocycles. The summed E-state index contributed by atoms with van der Waals surface area (Å²) in [6.07, 6.45) is 9.37. The van der Waals surface area contributed by atoms with E-state index in [1.807, 2.05) is 18.2 Å². The van der Waals surface area contributed by atoms with Gasteiger partial charge >= 0.3 is 0 Å². The minimum absolute atomic E-state index is 0.0539. The molecule has 0 spiro atoms. The fraction of sp³-hybridized carbons (Fsp3) is 0.615. The quantitative estimate of drug-likeness (QED) is 0.787. The maximum atomic E-state index is 13.0. The summed E-state index contributed by atoms with van der Waals surface area (Å²) in [5, 5.41) is 2.80. The van der Waals surface area contributed by atoms with Gasteiger partial charge in [0.25, 0.3) is 5.91 Å². The highest BCUT2D eigenvalue weighted by Gasteiger charge is 2.41. The molecule has 170 valence electrons. The molecule has 32 heavy (non-hydrogen) atoms. The SMILES string of the molecule is C=C1CCC(N2Cc3cc(O[C@@H]4CCC[C@H]4N4CC5CCC(C5)C4)ccc3C2=O)C(=O)N1. The molecular weight excluding hydrogens is 402 g/mol. The molecule has 2 bridgehead atoms. The molecule has 6 nitrogen and oxygen atoms in total. The maximum absolute atomic E-state index is 13.0. The van der Waals surface area contributed by atoms with Gasteiger partial charge in [-0.05, 0) is 87.0 Å². The van der Waals surface area contributed by atoms with Crippen LogP contribution in [0.1, 0.15) is 67.3 Å². The number of nitrogens with zero attached hydrogens (tertiary/aromatic N) is 2. The molecule has 0 radical (unpaired) electrons. The van der Waals surface area contributed by atoms with Crippen LogP contribution >= 0.6 is 0 Å². The van der Waals surface area contributed by atoms with E-state index in [1.54, 1.807) is 4.90 Å². The first-order valence-electron chi connectivity index (χ1n) is 12.4. The molecule has 0 aromatic heterocycles. The lowest BCUT2D eigenvalue weighted by molar-refractivity contribution is -0.126. The van der Waals surface area contributed by atoms with Crippen LogP contribution in [0.2, 0.25) is 0 Å². The zero-order valence-corrected chi connectivity index (χ0v) is 18.7. The largest absolute Gasteiger partial charge is 0.489 e. The molecule has 3 aliphatic heterocycles. The van der Waals surface area contributed by atoms with Gasteiger partial charge in [0.05, 0.1) is 0 Å². The van der Waals surface area contributed by atoms with E-state index in [1.165, 1.54) is 45.2 Å². The van der Waals surface area contributed by atoms with Crippen molar-refractivity contribution in [3.8, 4) is 5.75 Å². The number of allylic oxidation sites excluding steroid dienone is 1. The molecule has 2 aliphatic carbocycles. The van der Waals surface area contributed by atoms with Crippen molar-refractivity contribution in [3.05, 3.63) is 41.6 Å². The average molecular weight is 436 g/mol. The lowest BCUT2D eigenvalue weighted by atomic mass is 9.96. The zero-order valence-electron chi connectivity index (χ0n) is 18.7. The first-order chi connectivity index (χ1) is 15.5. The van der Waals surface area contributed by atoms with Crippen molar-refractivity contribution in [2.75, 3.05) is 13.1 Å². The summed E-state index contributed by atoms with van der Waals surface area (Å²) in [5.74, 6) is 2.46. The molecule has 1 aromatic rings. The summed E-state index contributed by atoms with van der Waals surface area (Å²) in [7, 11) is 0. The van der Waals surface area contributed by atoms with Crippen molar-refractivity contribution in [2.45, 2.75) is 76.1 Å². The van der Waals surface area contributed by atoms with Crippen molar-refractivity contribution in [3.63, 3.8) is 0 Å². The summed E-state index contributed by atoms with van der Waals surface area (Å²) in [6, 6.07) is 5.96. The third-order valence-corrected chi connectivity index (χ3v) is 8.42. The minimum atomic E-state index is -0.418. The minimum Gasteiger partial charge on any atom is -0.489 e. The third-order valence-electron chi connectivity index (χ3n) is 8.42. The molecule has 3 unspecified atom stereocenters. The van der Waals surface area contributed by atoms with E-state index in [2.05, 4.69) is 16.8 Å². The van der Waals surface area contributed by atoms with Gasteiger partial charge in [-0.15, -0.1) is 0 Å². The molecule has 5 atom stereocenters. The predicted octanol–water partition coefficient (Wildman–Crippen LogP) is 3.47. The van der Waals surface area contributed by atoms with Crippen LogP contribution in [0.4, 0.5) is 0 Å². The van der Waals surface area contributed by atoms with Crippen LogP contribution < -0.4 is 10.1 Å². The van der Waals surface area contributed by atoms with Crippen molar-refractivity contribution in [2.24, 2.45) is 11.8 Å². The molecule has 2 amide bonds. The Labute approximate surface area is 190 Å². The Morgan fingerprint density at radius 1 is 1.03 bits per heavy atom. The molecule has 2 saturated heterocycles. The van der Waals surface area contributed by atoms with E-state index in [9.17, 15) is 9.59 Å². The zero-order chi connectivity index (χ0) is 21.8. The van der Waals surface area contributed by atoms with Crippen LogP contribution in [-0.4, -0.2) is 52.9 Å². The number of benzene rings is 1. The number of hydrogen-bond acceptors (Lipinski definition) is 4. The number of carbonyl (C=O) groups is 2.